The highest BCUT2D eigenvalue weighted by atomic mass is 16.5. The summed E-state index contributed by atoms with van der Waals surface area (Å²) in [5, 5.41) is 2.38. The number of nitrogen functional groups attached to an aromatic ring is 1. The topological polar surface area (TPSA) is 135 Å². The SMILES string of the molecule is CC(C)Oc1cc2c(cc1N)CN(C1CCC(N(C)C3CN(c4cccc5c4n(C)c(=O)n5C4CCC(=O)NC4=O)C3)CC1)C2=O. The molecule has 4 heterocycles. The van der Waals surface area contributed by atoms with E-state index < -0.39 is 11.9 Å². The largest absolute Gasteiger partial charge is 0.489 e. The number of anilines is 2. The molecule has 0 bridgehead atoms. The van der Waals surface area contributed by atoms with Crippen LogP contribution in [0.5, 0.6) is 5.75 Å². The molecule has 1 saturated carbocycles. The summed E-state index contributed by atoms with van der Waals surface area (Å²) in [6.45, 7) is 6.18. The van der Waals surface area contributed by atoms with Gasteiger partial charge in [-0.2, -0.15) is 0 Å². The van der Waals surface area contributed by atoms with Crippen molar-refractivity contribution in [1.29, 1.82) is 0 Å². The van der Waals surface area contributed by atoms with Crippen molar-refractivity contribution in [3.63, 3.8) is 0 Å². The third-order valence-corrected chi connectivity index (χ3v) is 10.5. The number of nitrogens with one attached hydrogen (secondary N) is 1. The third kappa shape index (κ3) is 5.03. The number of hydrogen-bond acceptors (Lipinski definition) is 8. The molecule has 3 N–H and O–H groups in total. The lowest BCUT2D eigenvalue weighted by Crippen LogP contribution is -2.61. The fourth-order valence-corrected chi connectivity index (χ4v) is 7.92. The summed E-state index contributed by atoms with van der Waals surface area (Å²) >= 11 is 0. The van der Waals surface area contributed by atoms with Crippen LogP contribution < -0.4 is 26.4 Å². The Morgan fingerprint density at radius 1 is 1.00 bits per heavy atom. The Labute approximate surface area is 268 Å². The van der Waals surface area contributed by atoms with Crippen LogP contribution in [-0.2, 0) is 23.2 Å². The number of carbonyl (C=O) groups excluding carboxylic acids is 3. The molecular weight excluding hydrogens is 586 g/mol. The lowest BCUT2D eigenvalue weighted by Gasteiger charge is -2.49. The molecule has 7 rings (SSSR count). The molecule has 1 aromatic heterocycles. The van der Waals surface area contributed by atoms with Gasteiger partial charge in [-0.15, -0.1) is 0 Å². The van der Waals surface area contributed by atoms with E-state index in [1.54, 1.807) is 16.2 Å². The predicted octanol–water partition coefficient (Wildman–Crippen LogP) is 2.77. The normalized spacial score (nSPS) is 23.8. The summed E-state index contributed by atoms with van der Waals surface area (Å²) in [6.07, 6.45) is 4.50. The smallest absolute Gasteiger partial charge is 0.329 e. The first-order valence-electron chi connectivity index (χ1n) is 16.4. The van der Waals surface area contributed by atoms with Crippen LogP contribution in [0.15, 0.2) is 35.1 Å². The number of nitrogens with zero attached hydrogens (tertiary/aromatic N) is 5. The number of nitrogens with two attached hydrogens (primary N) is 1. The van der Waals surface area contributed by atoms with E-state index in [9.17, 15) is 19.2 Å². The number of imidazole rings is 1. The van der Waals surface area contributed by atoms with Crippen molar-refractivity contribution in [2.24, 2.45) is 7.05 Å². The fourth-order valence-electron chi connectivity index (χ4n) is 7.92. The van der Waals surface area contributed by atoms with Crippen molar-refractivity contribution in [2.75, 3.05) is 30.8 Å². The summed E-state index contributed by atoms with van der Waals surface area (Å²) in [6, 6.07) is 9.90. The molecular formula is C34H43N7O5. The van der Waals surface area contributed by atoms with E-state index in [-0.39, 0.29) is 36.1 Å². The fraction of sp³-hybridized carbons (Fsp3) is 0.529. The molecule has 244 valence electrons. The molecule has 3 aromatic rings. The number of para-hydroxylation sites is 1. The van der Waals surface area contributed by atoms with Gasteiger partial charge in [0, 0.05) is 56.8 Å². The zero-order valence-electron chi connectivity index (χ0n) is 27.0. The molecule has 3 amide bonds. The summed E-state index contributed by atoms with van der Waals surface area (Å²) < 4.78 is 9.00. The van der Waals surface area contributed by atoms with Gasteiger partial charge in [0.2, 0.25) is 11.8 Å². The molecule has 1 unspecified atom stereocenters. The molecule has 12 nitrogen and oxygen atoms in total. The number of carbonyl (C=O) groups is 3. The standard InChI is InChI=1S/C34H43N7O5/c1-19(2)46-29-15-24-20(14-25(29)35)16-40(33(24)44)22-10-8-21(9-11-22)37(3)23-17-39(18-23)26-6-5-7-27-31(26)38(4)34(45)41(27)28-12-13-30(42)36-32(28)43/h5-7,14-15,19,21-23,28H,8-13,16-18,35H2,1-4H3,(H,36,42,43). The number of aromatic nitrogens is 2. The minimum atomic E-state index is -0.700. The lowest BCUT2D eigenvalue weighted by atomic mass is 9.88. The van der Waals surface area contributed by atoms with Crippen molar-refractivity contribution in [3.8, 4) is 5.75 Å². The number of piperidine rings is 1. The second kappa shape index (κ2) is 11.5. The lowest BCUT2D eigenvalue weighted by molar-refractivity contribution is -0.135. The van der Waals surface area contributed by atoms with E-state index in [4.69, 9.17) is 10.5 Å². The van der Waals surface area contributed by atoms with E-state index in [1.807, 2.05) is 49.1 Å². The van der Waals surface area contributed by atoms with Crippen molar-refractivity contribution in [1.82, 2.24) is 24.3 Å². The van der Waals surface area contributed by atoms with E-state index in [2.05, 4.69) is 22.2 Å². The van der Waals surface area contributed by atoms with Gasteiger partial charge in [-0.1, -0.05) is 6.07 Å². The molecule has 0 spiro atoms. The number of likely N-dealkylation sites (N-methyl/N-ethyl adjacent to an activating group) is 1. The summed E-state index contributed by atoms with van der Waals surface area (Å²) in [5.74, 6) is -0.0733. The van der Waals surface area contributed by atoms with Crippen LogP contribution >= 0.6 is 0 Å². The minimum Gasteiger partial charge on any atom is -0.489 e. The van der Waals surface area contributed by atoms with Gasteiger partial charge >= 0.3 is 5.69 Å². The molecule has 3 aliphatic heterocycles. The summed E-state index contributed by atoms with van der Waals surface area (Å²) in [7, 11) is 3.95. The Balaban J connectivity index is 0.985. The maximum atomic E-state index is 13.4. The number of imide groups is 1. The molecule has 2 saturated heterocycles. The monoisotopic (exact) mass is 629 g/mol. The average molecular weight is 630 g/mol. The Bertz CT molecular complexity index is 1780. The van der Waals surface area contributed by atoms with Gasteiger partial charge in [0.25, 0.3) is 5.91 Å². The zero-order valence-corrected chi connectivity index (χ0v) is 27.0. The zero-order chi connectivity index (χ0) is 32.4. The van der Waals surface area contributed by atoms with Gasteiger partial charge in [-0.25, -0.2) is 4.79 Å². The Kier molecular flexibility index (Phi) is 7.57. The highest BCUT2D eigenvalue weighted by Crippen LogP contribution is 2.38. The highest BCUT2D eigenvalue weighted by Gasteiger charge is 2.40. The van der Waals surface area contributed by atoms with Crippen molar-refractivity contribution in [2.45, 2.75) is 89.2 Å². The van der Waals surface area contributed by atoms with Crippen LogP contribution in [0.4, 0.5) is 11.4 Å². The van der Waals surface area contributed by atoms with E-state index in [0.29, 0.717) is 47.6 Å². The number of hydrogen-bond donors (Lipinski definition) is 2. The van der Waals surface area contributed by atoms with Crippen molar-refractivity contribution in [3.05, 3.63) is 51.9 Å². The number of rotatable bonds is 7. The Morgan fingerprint density at radius 3 is 2.43 bits per heavy atom. The Hall–Kier alpha value is -4.32. The maximum Gasteiger partial charge on any atom is 0.329 e. The summed E-state index contributed by atoms with van der Waals surface area (Å²) in [4.78, 5) is 57.9. The van der Waals surface area contributed by atoms with Crippen molar-refractivity contribution < 1.29 is 19.1 Å². The maximum absolute atomic E-state index is 13.4. The number of aryl methyl sites for hydroxylation is 1. The first-order chi connectivity index (χ1) is 22.0. The molecule has 1 aliphatic carbocycles. The average Bonchev–Trinajstić information content (AvgIpc) is 3.45. The van der Waals surface area contributed by atoms with Crippen LogP contribution in [0.25, 0.3) is 11.0 Å². The molecule has 1 atom stereocenters. The predicted molar refractivity (Wildman–Crippen MR) is 175 cm³/mol. The summed E-state index contributed by atoms with van der Waals surface area (Å²) in [5.41, 5.74) is 10.7. The third-order valence-electron chi connectivity index (χ3n) is 10.5. The molecule has 4 aliphatic rings. The number of fused-ring (bicyclic) bond motifs is 2. The molecule has 3 fully saturated rings. The highest BCUT2D eigenvalue weighted by molar-refractivity contribution is 6.01. The van der Waals surface area contributed by atoms with Crippen LogP contribution in [0, 0.1) is 0 Å². The van der Waals surface area contributed by atoms with Gasteiger partial charge in [0.05, 0.1) is 28.5 Å². The molecule has 12 heteroatoms. The number of benzene rings is 2. The first-order valence-corrected chi connectivity index (χ1v) is 16.4. The quantitative estimate of drug-likeness (QED) is 0.301. The van der Waals surface area contributed by atoms with Gasteiger partial charge in [-0.3, -0.25) is 33.7 Å². The Morgan fingerprint density at radius 2 is 1.74 bits per heavy atom. The van der Waals surface area contributed by atoms with E-state index in [1.165, 1.54) is 0 Å². The van der Waals surface area contributed by atoms with E-state index >= 15 is 0 Å². The first kappa shape index (κ1) is 30.3. The van der Waals surface area contributed by atoms with Crippen LogP contribution in [0.1, 0.15) is 74.3 Å². The van der Waals surface area contributed by atoms with Gasteiger partial charge in [0.1, 0.15) is 11.8 Å². The molecule has 46 heavy (non-hydrogen) atoms. The van der Waals surface area contributed by atoms with E-state index in [0.717, 1.165) is 55.5 Å². The number of ether oxygens (including phenoxy) is 1. The van der Waals surface area contributed by atoms with Gasteiger partial charge in [0.15, 0.2) is 0 Å². The van der Waals surface area contributed by atoms with Crippen LogP contribution in [0.3, 0.4) is 0 Å². The van der Waals surface area contributed by atoms with Crippen LogP contribution in [-0.4, -0.2) is 81.0 Å². The van der Waals surface area contributed by atoms with Crippen molar-refractivity contribution >= 4 is 40.1 Å². The number of amides is 3. The minimum absolute atomic E-state index is 0.0163. The van der Waals surface area contributed by atoms with Crippen LogP contribution in [0.2, 0.25) is 0 Å². The molecule has 2 aromatic carbocycles. The second-order valence-corrected chi connectivity index (χ2v) is 13.7. The second-order valence-electron chi connectivity index (χ2n) is 13.7. The molecule has 0 radical (unpaired) electrons. The van der Waals surface area contributed by atoms with Gasteiger partial charge in [-0.05, 0) is 82.8 Å². The van der Waals surface area contributed by atoms with Gasteiger partial charge < -0.3 is 20.3 Å².